The second kappa shape index (κ2) is 6.19. The zero-order valence-electron chi connectivity index (χ0n) is 12.6. The van der Waals surface area contributed by atoms with Crippen molar-refractivity contribution in [3.63, 3.8) is 0 Å². The minimum absolute atomic E-state index is 0.352. The molecule has 1 unspecified atom stereocenters. The van der Waals surface area contributed by atoms with E-state index in [-0.39, 0.29) is 0 Å². The second-order valence-corrected chi connectivity index (χ2v) is 5.35. The zero-order valence-corrected chi connectivity index (χ0v) is 12.6. The third kappa shape index (κ3) is 2.88. The molecule has 0 amide bonds. The monoisotopic (exact) mass is 283 g/mol. The maximum Gasteiger partial charge on any atom is 0.161 e. The van der Waals surface area contributed by atoms with Crippen LogP contribution in [0, 0.1) is 0 Å². The molecule has 21 heavy (non-hydrogen) atoms. The molecule has 0 radical (unpaired) electrons. The lowest BCUT2D eigenvalue weighted by Crippen LogP contribution is -2.22. The van der Waals surface area contributed by atoms with Crippen LogP contribution in [0.2, 0.25) is 0 Å². The third-order valence-electron chi connectivity index (χ3n) is 4.12. The van der Waals surface area contributed by atoms with Gasteiger partial charge in [0.15, 0.2) is 11.5 Å². The van der Waals surface area contributed by atoms with Crippen LogP contribution in [0.25, 0.3) is 0 Å². The van der Waals surface area contributed by atoms with Crippen LogP contribution in [-0.2, 0) is 12.8 Å². The number of benzene rings is 2. The summed E-state index contributed by atoms with van der Waals surface area (Å²) in [5.74, 6) is 1.62. The van der Waals surface area contributed by atoms with E-state index in [1.54, 1.807) is 14.2 Å². The van der Waals surface area contributed by atoms with Gasteiger partial charge in [-0.2, -0.15) is 0 Å². The van der Waals surface area contributed by atoms with E-state index in [0.29, 0.717) is 6.04 Å². The molecule has 1 aliphatic heterocycles. The van der Waals surface area contributed by atoms with Gasteiger partial charge in [-0.05, 0) is 48.2 Å². The van der Waals surface area contributed by atoms with Crippen molar-refractivity contribution in [2.45, 2.75) is 18.9 Å². The number of nitrogens with one attached hydrogen (secondary N) is 1. The lowest BCUT2D eigenvalue weighted by molar-refractivity contribution is 0.354. The third-order valence-corrected chi connectivity index (χ3v) is 4.12. The molecular weight excluding hydrogens is 262 g/mol. The molecule has 110 valence electrons. The van der Waals surface area contributed by atoms with Gasteiger partial charge in [-0.1, -0.05) is 30.3 Å². The first-order valence-electron chi connectivity index (χ1n) is 7.34. The van der Waals surface area contributed by atoms with Gasteiger partial charge in [0.2, 0.25) is 0 Å². The molecule has 3 heteroatoms. The van der Waals surface area contributed by atoms with Crippen molar-refractivity contribution < 1.29 is 9.47 Å². The van der Waals surface area contributed by atoms with Crippen LogP contribution < -0.4 is 14.8 Å². The maximum absolute atomic E-state index is 5.44. The predicted octanol–water partition coefficient (Wildman–Crippen LogP) is 3.13. The molecule has 0 fully saturated rings. The second-order valence-electron chi connectivity index (χ2n) is 5.35. The highest BCUT2D eigenvalue weighted by atomic mass is 16.5. The molecule has 0 aromatic heterocycles. The van der Waals surface area contributed by atoms with Crippen molar-refractivity contribution in [1.82, 2.24) is 5.32 Å². The van der Waals surface area contributed by atoms with Gasteiger partial charge in [-0.25, -0.2) is 0 Å². The van der Waals surface area contributed by atoms with Gasteiger partial charge >= 0.3 is 0 Å². The molecular formula is C18H21NO2. The Morgan fingerprint density at radius 3 is 2.29 bits per heavy atom. The van der Waals surface area contributed by atoms with Gasteiger partial charge in [0, 0.05) is 6.04 Å². The largest absolute Gasteiger partial charge is 0.493 e. The minimum atomic E-state index is 0.352. The first-order valence-corrected chi connectivity index (χ1v) is 7.34. The van der Waals surface area contributed by atoms with Gasteiger partial charge in [-0.15, -0.1) is 0 Å². The highest BCUT2D eigenvalue weighted by molar-refractivity contribution is 5.48. The van der Waals surface area contributed by atoms with E-state index >= 15 is 0 Å². The Morgan fingerprint density at radius 1 is 0.952 bits per heavy atom. The summed E-state index contributed by atoms with van der Waals surface area (Å²) in [6, 6.07) is 15.2. The summed E-state index contributed by atoms with van der Waals surface area (Å²) in [7, 11) is 3.37. The lowest BCUT2D eigenvalue weighted by Gasteiger charge is -2.17. The molecule has 0 saturated carbocycles. The van der Waals surface area contributed by atoms with E-state index in [0.717, 1.165) is 30.9 Å². The first-order chi connectivity index (χ1) is 10.3. The summed E-state index contributed by atoms with van der Waals surface area (Å²) in [4.78, 5) is 0. The Labute approximate surface area is 125 Å². The van der Waals surface area contributed by atoms with E-state index in [9.17, 15) is 0 Å². The fourth-order valence-corrected chi connectivity index (χ4v) is 2.98. The highest BCUT2D eigenvalue weighted by Gasteiger charge is 2.20. The van der Waals surface area contributed by atoms with Crippen LogP contribution >= 0.6 is 0 Å². The molecule has 2 aromatic carbocycles. The van der Waals surface area contributed by atoms with Gasteiger partial charge in [0.25, 0.3) is 0 Å². The summed E-state index contributed by atoms with van der Waals surface area (Å²) in [5, 5.41) is 3.64. The van der Waals surface area contributed by atoms with E-state index in [1.807, 2.05) is 0 Å². The summed E-state index contributed by atoms with van der Waals surface area (Å²) >= 11 is 0. The highest BCUT2D eigenvalue weighted by Crippen LogP contribution is 2.34. The Balaban J connectivity index is 1.95. The molecule has 3 rings (SSSR count). The van der Waals surface area contributed by atoms with Crippen molar-refractivity contribution in [2.24, 2.45) is 0 Å². The number of hydrogen-bond donors (Lipinski definition) is 1. The van der Waals surface area contributed by atoms with Gasteiger partial charge < -0.3 is 14.8 Å². The van der Waals surface area contributed by atoms with Crippen molar-refractivity contribution >= 4 is 0 Å². The van der Waals surface area contributed by atoms with Crippen molar-refractivity contribution in [3.8, 4) is 11.5 Å². The van der Waals surface area contributed by atoms with Crippen LogP contribution in [-0.4, -0.2) is 20.8 Å². The number of fused-ring (bicyclic) bond motifs is 1. The predicted molar refractivity (Wildman–Crippen MR) is 84.1 cm³/mol. The van der Waals surface area contributed by atoms with E-state index in [1.165, 1.54) is 16.7 Å². The van der Waals surface area contributed by atoms with Crippen LogP contribution in [0.5, 0.6) is 11.5 Å². The Morgan fingerprint density at radius 2 is 1.62 bits per heavy atom. The normalized spacial score (nSPS) is 17.7. The maximum atomic E-state index is 5.44. The number of rotatable bonds is 3. The van der Waals surface area contributed by atoms with Crippen LogP contribution in [0.1, 0.15) is 22.7 Å². The quantitative estimate of drug-likeness (QED) is 0.938. The molecule has 3 nitrogen and oxygen atoms in total. The van der Waals surface area contributed by atoms with Crippen LogP contribution in [0.4, 0.5) is 0 Å². The number of ether oxygens (including phenoxy) is 2. The molecule has 1 atom stereocenters. The molecule has 1 N–H and O–H groups in total. The molecule has 1 heterocycles. The first kappa shape index (κ1) is 14.0. The van der Waals surface area contributed by atoms with Gasteiger partial charge in [0.1, 0.15) is 0 Å². The van der Waals surface area contributed by atoms with Crippen molar-refractivity contribution in [2.75, 3.05) is 20.8 Å². The van der Waals surface area contributed by atoms with E-state index in [4.69, 9.17) is 9.47 Å². The average Bonchev–Trinajstić information content (AvgIpc) is 2.76. The lowest BCUT2D eigenvalue weighted by atomic mass is 9.96. The van der Waals surface area contributed by atoms with Gasteiger partial charge in [0.05, 0.1) is 14.2 Å². The van der Waals surface area contributed by atoms with Crippen LogP contribution in [0.3, 0.4) is 0 Å². The summed E-state index contributed by atoms with van der Waals surface area (Å²) in [5.41, 5.74) is 4.02. The summed E-state index contributed by atoms with van der Waals surface area (Å²) in [6.07, 6.45) is 1.98. The molecule has 1 aliphatic rings. The Bertz CT molecular complexity index is 610. The molecule has 0 saturated heterocycles. The van der Waals surface area contributed by atoms with Crippen LogP contribution in [0.15, 0.2) is 42.5 Å². The van der Waals surface area contributed by atoms with Gasteiger partial charge in [-0.3, -0.25) is 0 Å². The Hall–Kier alpha value is -2.00. The number of methoxy groups -OCH3 is 2. The van der Waals surface area contributed by atoms with Crippen molar-refractivity contribution in [3.05, 3.63) is 59.2 Å². The minimum Gasteiger partial charge on any atom is -0.493 e. The number of hydrogen-bond acceptors (Lipinski definition) is 3. The molecule has 0 bridgehead atoms. The van der Waals surface area contributed by atoms with E-state index < -0.39 is 0 Å². The summed E-state index contributed by atoms with van der Waals surface area (Å²) < 4.78 is 10.8. The van der Waals surface area contributed by atoms with Crippen molar-refractivity contribution in [1.29, 1.82) is 0 Å². The summed E-state index contributed by atoms with van der Waals surface area (Å²) in [6.45, 7) is 0.974. The smallest absolute Gasteiger partial charge is 0.161 e. The SMILES string of the molecule is COc1cc2c(cc1OC)CC(c1ccccc1)NCC2. The fourth-order valence-electron chi connectivity index (χ4n) is 2.98. The standard InChI is InChI=1S/C18H21NO2/c1-20-17-11-14-8-9-19-16(13-6-4-3-5-7-13)10-15(14)12-18(17)21-2/h3-7,11-12,16,19H,8-10H2,1-2H3. The average molecular weight is 283 g/mol. The molecule has 0 spiro atoms. The Kier molecular flexibility index (Phi) is 4.11. The van der Waals surface area contributed by atoms with E-state index in [2.05, 4.69) is 47.8 Å². The topological polar surface area (TPSA) is 30.5 Å². The zero-order chi connectivity index (χ0) is 14.7. The fraction of sp³-hybridized carbons (Fsp3) is 0.333. The molecule has 0 aliphatic carbocycles. The molecule has 2 aromatic rings.